The Hall–Kier alpha value is -2.37. The smallest absolute Gasteiger partial charge is 0.371 e. The third-order valence-corrected chi connectivity index (χ3v) is 2.54. The Morgan fingerprint density at radius 1 is 1.11 bits per heavy atom. The van der Waals surface area contributed by atoms with Crippen molar-refractivity contribution in [3.63, 3.8) is 0 Å². The molecule has 2 aromatic rings. The average Bonchev–Trinajstić information content (AvgIpc) is 2.81. The molecule has 1 aromatic carbocycles. The maximum atomic E-state index is 10.9. The number of hydrogen-bond donors (Lipinski definition) is 1. The van der Waals surface area contributed by atoms with Gasteiger partial charge in [-0.2, -0.15) is 0 Å². The summed E-state index contributed by atoms with van der Waals surface area (Å²) in [5, 5.41) is 9.45. The molecule has 0 saturated heterocycles. The fourth-order valence-electron chi connectivity index (χ4n) is 1.74. The van der Waals surface area contributed by atoms with Crippen LogP contribution in [0.25, 0.3) is 11.0 Å². The number of benzene rings is 1. The fourth-order valence-corrected chi connectivity index (χ4v) is 1.74. The summed E-state index contributed by atoms with van der Waals surface area (Å²) in [6.45, 7) is 0. The number of carboxylic acid groups (broad SMARTS) is 1. The summed E-state index contributed by atoms with van der Waals surface area (Å²) in [5.41, 5.74) is 0.283. The van der Waals surface area contributed by atoms with Gasteiger partial charge in [-0.3, -0.25) is 0 Å². The van der Waals surface area contributed by atoms with Crippen LogP contribution in [0.15, 0.2) is 16.5 Å². The van der Waals surface area contributed by atoms with Crippen LogP contribution >= 0.6 is 0 Å². The zero-order chi connectivity index (χ0) is 13.3. The van der Waals surface area contributed by atoms with Gasteiger partial charge in [0.1, 0.15) is 5.75 Å². The molecule has 0 aliphatic heterocycles. The first-order chi connectivity index (χ1) is 8.62. The molecule has 0 amide bonds. The Bertz CT molecular complexity index is 598. The summed E-state index contributed by atoms with van der Waals surface area (Å²) in [6.07, 6.45) is 0. The van der Waals surface area contributed by atoms with Gasteiger partial charge in [-0.05, 0) is 0 Å². The summed E-state index contributed by atoms with van der Waals surface area (Å²) in [4.78, 5) is 10.9. The highest BCUT2D eigenvalue weighted by Crippen LogP contribution is 2.42. The maximum Gasteiger partial charge on any atom is 0.371 e. The minimum absolute atomic E-state index is 0.185. The van der Waals surface area contributed by atoms with Crippen LogP contribution in [-0.4, -0.2) is 32.4 Å². The largest absolute Gasteiger partial charge is 0.496 e. The Labute approximate surface area is 103 Å². The van der Waals surface area contributed by atoms with Crippen LogP contribution in [0, 0.1) is 0 Å². The minimum atomic E-state index is -1.16. The molecule has 1 aromatic heterocycles. The van der Waals surface area contributed by atoms with Crippen LogP contribution in [0.4, 0.5) is 0 Å². The summed E-state index contributed by atoms with van der Waals surface area (Å²) in [7, 11) is 4.41. The van der Waals surface area contributed by atoms with Gasteiger partial charge in [0.25, 0.3) is 0 Å². The maximum absolute atomic E-state index is 10.9. The van der Waals surface area contributed by atoms with E-state index in [1.165, 1.54) is 27.4 Å². The minimum Gasteiger partial charge on any atom is -0.496 e. The van der Waals surface area contributed by atoms with Crippen molar-refractivity contribution in [3.8, 4) is 17.2 Å². The van der Waals surface area contributed by atoms with E-state index >= 15 is 0 Å². The number of fused-ring (bicyclic) bond motifs is 1. The van der Waals surface area contributed by atoms with Gasteiger partial charge in [-0.1, -0.05) is 0 Å². The Kier molecular flexibility index (Phi) is 3.01. The molecule has 0 aliphatic rings. The van der Waals surface area contributed by atoms with E-state index in [0.717, 1.165) is 0 Å². The van der Waals surface area contributed by atoms with Crippen molar-refractivity contribution >= 4 is 16.9 Å². The second-order valence-corrected chi connectivity index (χ2v) is 3.47. The normalized spacial score (nSPS) is 10.4. The van der Waals surface area contributed by atoms with Crippen LogP contribution in [-0.2, 0) is 0 Å². The van der Waals surface area contributed by atoms with Crippen molar-refractivity contribution in [1.29, 1.82) is 0 Å². The predicted octanol–water partition coefficient (Wildman–Crippen LogP) is 2.16. The highest BCUT2D eigenvalue weighted by molar-refractivity contribution is 5.97. The first-order valence-electron chi connectivity index (χ1n) is 5.08. The number of ether oxygens (including phenoxy) is 3. The van der Waals surface area contributed by atoms with Crippen LogP contribution in [0.5, 0.6) is 17.2 Å². The molecule has 6 heteroatoms. The van der Waals surface area contributed by atoms with Crippen molar-refractivity contribution in [1.82, 2.24) is 0 Å². The highest BCUT2D eigenvalue weighted by atomic mass is 16.5. The lowest BCUT2D eigenvalue weighted by Crippen LogP contribution is -1.93. The second kappa shape index (κ2) is 4.48. The van der Waals surface area contributed by atoms with Crippen LogP contribution in [0.1, 0.15) is 10.6 Å². The lowest BCUT2D eigenvalue weighted by atomic mass is 10.2. The standard InChI is InChI=1S/C12H12O6/c1-15-7-5-8(16-2)11(17-3)10-6(7)4-9(18-10)12(13)14/h4-5H,1-3H3,(H,13,14). The molecule has 0 aliphatic carbocycles. The van der Waals surface area contributed by atoms with Gasteiger partial charge in [-0.25, -0.2) is 4.79 Å². The lowest BCUT2D eigenvalue weighted by Gasteiger charge is -2.10. The number of carboxylic acids is 1. The molecule has 0 atom stereocenters. The van der Waals surface area contributed by atoms with Crippen molar-refractivity contribution in [2.24, 2.45) is 0 Å². The van der Waals surface area contributed by atoms with E-state index in [4.69, 9.17) is 23.7 Å². The average molecular weight is 252 g/mol. The molecule has 96 valence electrons. The zero-order valence-corrected chi connectivity index (χ0v) is 10.1. The van der Waals surface area contributed by atoms with E-state index in [-0.39, 0.29) is 11.3 Å². The fraction of sp³-hybridized carbons (Fsp3) is 0.250. The van der Waals surface area contributed by atoms with Gasteiger partial charge in [0.2, 0.25) is 11.5 Å². The summed E-state index contributed by atoms with van der Waals surface area (Å²) in [5.74, 6) is -0.142. The molecular weight excluding hydrogens is 240 g/mol. The molecule has 0 bridgehead atoms. The van der Waals surface area contributed by atoms with Gasteiger partial charge >= 0.3 is 5.97 Å². The summed E-state index contributed by atoms with van der Waals surface area (Å²) in [6, 6.07) is 3.00. The van der Waals surface area contributed by atoms with E-state index in [9.17, 15) is 4.79 Å². The van der Waals surface area contributed by atoms with Gasteiger partial charge < -0.3 is 23.7 Å². The Morgan fingerprint density at radius 3 is 2.28 bits per heavy atom. The van der Waals surface area contributed by atoms with Crippen LogP contribution in [0.3, 0.4) is 0 Å². The third kappa shape index (κ3) is 1.71. The summed E-state index contributed by atoms with van der Waals surface area (Å²) < 4.78 is 20.7. The van der Waals surface area contributed by atoms with Gasteiger partial charge in [0.15, 0.2) is 11.3 Å². The van der Waals surface area contributed by atoms with Crippen molar-refractivity contribution in [2.45, 2.75) is 0 Å². The number of hydrogen-bond acceptors (Lipinski definition) is 5. The molecule has 1 N–H and O–H groups in total. The molecule has 0 fully saturated rings. The van der Waals surface area contributed by atoms with Gasteiger partial charge in [0, 0.05) is 12.1 Å². The molecular formula is C12H12O6. The molecule has 2 rings (SSSR count). The molecule has 0 saturated carbocycles. The Balaban J connectivity index is 2.82. The van der Waals surface area contributed by atoms with E-state index in [1.54, 1.807) is 6.07 Å². The first kappa shape index (κ1) is 12.1. The molecule has 0 unspecified atom stereocenters. The zero-order valence-electron chi connectivity index (χ0n) is 10.1. The molecule has 18 heavy (non-hydrogen) atoms. The summed E-state index contributed by atoms with van der Waals surface area (Å²) >= 11 is 0. The molecule has 6 nitrogen and oxygen atoms in total. The van der Waals surface area contributed by atoms with Gasteiger partial charge in [-0.15, -0.1) is 0 Å². The molecule has 1 heterocycles. The van der Waals surface area contributed by atoms with E-state index in [2.05, 4.69) is 0 Å². The predicted molar refractivity (Wildman–Crippen MR) is 62.8 cm³/mol. The quantitative estimate of drug-likeness (QED) is 0.898. The van der Waals surface area contributed by atoms with E-state index in [1.807, 2.05) is 0 Å². The third-order valence-electron chi connectivity index (χ3n) is 2.54. The SMILES string of the molecule is COc1cc(OC)c2cc(C(=O)O)oc2c1OC. The van der Waals surface area contributed by atoms with E-state index in [0.29, 0.717) is 22.6 Å². The van der Waals surface area contributed by atoms with Crippen molar-refractivity contribution < 1.29 is 28.5 Å². The lowest BCUT2D eigenvalue weighted by molar-refractivity contribution is 0.0665. The monoisotopic (exact) mass is 252 g/mol. The first-order valence-corrected chi connectivity index (χ1v) is 5.08. The van der Waals surface area contributed by atoms with Crippen LogP contribution in [0.2, 0.25) is 0 Å². The number of rotatable bonds is 4. The number of furan rings is 1. The number of carbonyl (C=O) groups is 1. The van der Waals surface area contributed by atoms with Crippen molar-refractivity contribution in [3.05, 3.63) is 17.9 Å². The number of methoxy groups -OCH3 is 3. The molecule has 0 spiro atoms. The van der Waals surface area contributed by atoms with Crippen molar-refractivity contribution in [2.75, 3.05) is 21.3 Å². The second-order valence-electron chi connectivity index (χ2n) is 3.47. The number of aromatic carboxylic acids is 1. The van der Waals surface area contributed by atoms with Crippen LogP contribution < -0.4 is 14.2 Å². The van der Waals surface area contributed by atoms with E-state index < -0.39 is 5.97 Å². The molecule has 0 radical (unpaired) electrons. The Morgan fingerprint density at radius 2 is 1.78 bits per heavy atom. The topological polar surface area (TPSA) is 78.1 Å². The highest BCUT2D eigenvalue weighted by Gasteiger charge is 2.21. The van der Waals surface area contributed by atoms with Gasteiger partial charge in [0.05, 0.1) is 26.7 Å².